The summed E-state index contributed by atoms with van der Waals surface area (Å²) in [5.74, 6) is -1.09. The number of fused-ring (bicyclic) bond motifs is 1. The van der Waals surface area contributed by atoms with E-state index in [0.29, 0.717) is 38.6 Å². The highest BCUT2D eigenvalue weighted by molar-refractivity contribution is 7.12. The lowest BCUT2D eigenvalue weighted by molar-refractivity contribution is -0.137. The molecule has 3 aromatic rings. The van der Waals surface area contributed by atoms with Crippen LogP contribution in [-0.4, -0.2) is 43.7 Å². The van der Waals surface area contributed by atoms with Crippen molar-refractivity contribution in [3.05, 3.63) is 56.9 Å². The minimum absolute atomic E-state index is 0.159. The molecule has 0 bridgehead atoms. The summed E-state index contributed by atoms with van der Waals surface area (Å²) in [4.78, 5) is 37.8. The monoisotopic (exact) mass is 489 g/mol. The fraction of sp³-hybridized carbons (Fsp3) is 0.318. The van der Waals surface area contributed by atoms with Crippen LogP contribution >= 0.6 is 11.3 Å². The van der Waals surface area contributed by atoms with Crippen LogP contribution in [0.3, 0.4) is 0 Å². The molecule has 1 saturated heterocycles. The maximum Gasteiger partial charge on any atom is 0.425 e. The van der Waals surface area contributed by atoms with Crippen LogP contribution < -0.4 is 5.32 Å². The molecule has 12 heteroatoms. The maximum absolute atomic E-state index is 13.0. The van der Waals surface area contributed by atoms with E-state index in [9.17, 15) is 27.6 Å². The zero-order valence-electron chi connectivity index (χ0n) is 17.8. The highest BCUT2D eigenvalue weighted by Crippen LogP contribution is 2.37. The number of piperidine rings is 1. The Balaban J connectivity index is 1.34. The van der Waals surface area contributed by atoms with Crippen molar-refractivity contribution in [2.75, 3.05) is 0 Å². The van der Waals surface area contributed by atoms with Crippen LogP contribution in [0.25, 0.3) is 11.3 Å². The van der Waals surface area contributed by atoms with Gasteiger partial charge in [-0.15, -0.1) is 16.4 Å². The van der Waals surface area contributed by atoms with Gasteiger partial charge >= 0.3 is 6.18 Å². The van der Waals surface area contributed by atoms with Gasteiger partial charge in [0.2, 0.25) is 11.8 Å². The largest absolute Gasteiger partial charge is 0.425 e. The van der Waals surface area contributed by atoms with Gasteiger partial charge in [0.1, 0.15) is 16.6 Å². The standard InChI is InChI=1S/C22H18F3N5O3S/c1-11-6-18(22(23,24)25)34-17(11)10-29-9-15(27-28-29)12-2-3-14-13(7-12)8-30(21(14)33)16-4-5-19(31)26-20(16)32/h2-3,6-7,9,16H,4-5,8,10H2,1H3,(H,26,31,32). The Morgan fingerprint density at radius 2 is 2.00 bits per heavy atom. The zero-order valence-corrected chi connectivity index (χ0v) is 18.7. The number of rotatable bonds is 4. The van der Waals surface area contributed by atoms with Gasteiger partial charge in [0.25, 0.3) is 5.91 Å². The Labute approximate surface area is 195 Å². The molecule has 4 heterocycles. The quantitative estimate of drug-likeness (QED) is 0.568. The third-order valence-electron chi connectivity index (χ3n) is 5.96. The van der Waals surface area contributed by atoms with E-state index in [0.717, 1.165) is 11.6 Å². The third-order valence-corrected chi connectivity index (χ3v) is 7.23. The first kappa shape index (κ1) is 22.3. The lowest BCUT2D eigenvalue weighted by atomic mass is 10.0. The molecule has 1 unspecified atom stereocenters. The van der Waals surface area contributed by atoms with E-state index < -0.39 is 23.0 Å². The van der Waals surface area contributed by atoms with Gasteiger partial charge in [-0.1, -0.05) is 11.3 Å². The highest BCUT2D eigenvalue weighted by atomic mass is 32.1. The summed E-state index contributed by atoms with van der Waals surface area (Å²) in [5, 5.41) is 10.5. The average molecular weight is 489 g/mol. The lowest BCUT2D eigenvalue weighted by Gasteiger charge is -2.29. The first-order chi connectivity index (χ1) is 16.1. The maximum atomic E-state index is 13.0. The van der Waals surface area contributed by atoms with Gasteiger partial charge in [-0.3, -0.25) is 19.7 Å². The molecule has 3 amide bonds. The number of hydrogen-bond acceptors (Lipinski definition) is 6. The van der Waals surface area contributed by atoms with Gasteiger partial charge < -0.3 is 4.90 Å². The van der Waals surface area contributed by atoms with Crippen molar-refractivity contribution in [1.82, 2.24) is 25.2 Å². The molecule has 8 nitrogen and oxygen atoms in total. The molecular formula is C22H18F3N5O3S. The smallest absolute Gasteiger partial charge is 0.322 e. The summed E-state index contributed by atoms with van der Waals surface area (Å²) in [6.45, 7) is 2.02. The fourth-order valence-corrected chi connectivity index (χ4v) is 5.24. The summed E-state index contributed by atoms with van der Waals surface area (Å²) in [7, 11) is 0. The number of nitrogens with zero attached hydrogens (tertiary/aromatic N) is 4. The second-order valence-electron chi connectivity index (χ2n) is 8.29. The number of amides is 3. The van der Waals surface area contributed by atoms with Gasteiger partial charge in [-0.2, -0.15) is 13.2 Å². The highest BCUT2D eigenvalue weighted by Gasteiger charge is 2.39. The molecule has 176 valence electrons. The number of thiophene rings is 1. The SMILES string of the molecule is Cc1cc(C(F)(F)F)sc1Cn1cc(-c2ccc3c(c2)CN(C2CCC(=O)NC2=O)C3=O)nn1. The number of benzene rings is 1. The number of carbonyl (C=O) groups is 3. The molecule has 0 spiro atoms. The van der Waals surface area contributed by atoms with Crippen molar-refractivity contribution in [1.29, 1.82) is 0 Å². The van der Waals surface area contributed by atoms with E-state index in [1.165, 1.54) is 9.58 Å². The molecule has 34 heavy (non-hydrogen) atoms. The van der Waals surface area contributed by atoms with E-state index in [2.05, 4.69) is 15.6 Å². The van der Waals surface area contributed by atoms with Crippen molar-refractivity contribution in [2.45, 2.75) is 45.1 Å². The van der Waals surface area contributed by atoms with Crippen LogP contribution in [0.15, 0.2) is 30.5 Å². The number of halogens is 3. The minimum Gasteiger partial charge on any atom is -0.322 e. The van der Waals surface area contributed by atoms with Crippen molar-refractivity contribution >= 4 is 29.1 Å². The molecule has 2 aromatic heterocycles. The number of aromatic nitrogens is 3. The first-order valence-electron chi connectivity index (χ1n) is 10.4. The zero-order chi connectivity index (χ0) is 24.2. The van der Waals surface area contributed by atoms with Gasteiger partial charge in [-0.05, 0) is 42.7 Å². The number of aryl methyl sites for hydroxylation is 1. The normalized spacial score (nSPS) is 18.4. The average Bonchev–Trinajstić information content (AvgIpc) is 3.46. The Hall–Kier alpha value is -3.54. The van der Waals surface area contributed by atoms with E-state index >= 15 is 0 Å². The number of nitrogens with one attached hydrogen (secondary N) is 1. The molecule has 0 radical (unpaired) electrons. The first-order valence-corrected chi connectivity index (χ1v) is 11.3. The van der Waals surface area contributed by atoms with Crippen molar-refractivity contribution in [3.8, 4) is 11.3 Å². The van der Waals surface area contributed by atoms with Gasteiger partial charge in [-0.25, -0.2) is 4.68 Å². The molecule has 5 rings (SSSR count). The Morgan fingerprint density at radius 3 is 2.71 bits per heavy atom. The molecule has 1 fully saturated rings. The predicted molar refractivity (Wildman–Crippen MR) is 115 cm³/mol. The summed E-state index contributed by atoms with van der Waals surface area (Å²) >= 11 is 0.687. The van der Waals surface area contributed by atoms with Crippen molar-refractivity contribution in [2.24, 2.45) is 0 Å². The third kappa shape index (κ3) is 3.98. The molecule has 0 saturated carbocycles. The summed E-state index contributed by atoms with van der Waals surface area (Å²) in [6.07, 6.45) is -2.28. The summed E-state index contributed by atoms with van der Waals surface area (Å²) < 4.78 is 40.4. The second-order valence-corrected chi connectivity index (χ2v) is 9.42. The summed E-state index contributed by atoms with van der Waals surface area (Å²) in [6, 6.07) is 5.61. The minimum atomic E-state index is -4.38. The van der Waals surface area contributed by atoms with Crippen LogP contribution in [0.2, 0.25) is 0 Å². The van der Waals surface area contributed by atoms with Gasteiger partial charge in [0.15, 0.2) is 0 Å². The number of hydrogen-bond donors (Lipinski definition) is 1. The topological polar surface area (TPSA) is 97.2 Å². The van der Waals surface area contributed by atoms with E-state index in [-0.39, 0.29) is 37.7 Å². The molecule has 2 aliphatic heterocycles. The molecular weight excluding hydrogens is 471 g/mol. The molecule has 0 aliphatic carbocycles. The molecule has 1 aromatic carbocycles. The van der Waals surface area contributed by atoms with Crippen molar-refractivity contribution < 1.29 is 27.6 Å². The summed E-state index contributed by atoms with van der Waals surface area (Å²) in [5.41, 5.74) is 2.96. The van der Waals surface area contributed by atoms with E-state index in [4.69, 9.17) is 0 Å². The number of carbonyl (C=O) groups excluding carboxylic acids is 3. The van der Waals surface area contributed by atoms with E-state index in [1.54, 1.807) is 31.3 Å². The molecule has 1 atom stereocenters. The van der Waals surface area contributed by atoms with Crippen LogP contribution in [0.1, 0.15) is 44.1 Å². The van der Waals surface area contributed by atoms with E-state index in [1.807, 2.05) is 0 Å². The van der Waals surface area contributed by atoms with Gasteiger partial charge in [0.05, 0.1) is 12.7 Å². The second kappa shape index (κ2) is 8.05. The van der Waals surface area contributed by atoms with Crippen LogP contribution in [0.5, 0.6) is 0 Å². The Kier molecular flexibility index (Phi) is 5.27. The van der Waals surface area contributed by atoms with Crippen LogP contribution in [0.4, 0.5) is 13.2 Å². The van der Waals surface area contributed by atoms with Crippen molar-refractivity contribution in [3.63, 3.8) is 0 Å². The molecule has 1 N–H and O–H groups in total. The number of alkyl halides is 3. The fourth-order valence-electron chi connectivity index (χ4n) is 4.21. The predicted octanol–water partition coefficient (Wildman–Crippen LogP) is 3.14. The number of imide groups is 1. The Bertz CT molecular complexity index is 1330. The van der Waals surface area contributed by atoms with Gasteiger partial charge in [0, 0.05) is 29.0 Å². The Morgan fingerprint density at radius 1 is 1.21 bits per heavy atom. The van der Waals surface area contributed by atoms with Crippen LogP contribution in [0, 0.1) is 6.92 Å². The lowest BCUT2D eigenvalue weighted by Crippen LogP contribution is -2.52. The van der Waals surface area contributed by atoms with Crippen LogP contribution in [-0.2, 0) is 28.9 Å². The molecule has 2 aliphatic rings.